The molecule has 0 N–H and O–H groups in total. The minimum absolute atomic E-state index is 0.178. The van der Waals surface area contributed by atoms with Gasteiger partial charge in [0.15, 0.2) is 11.5 Å². The largest absolute Gasteiger partial charge is 0.486 e. The summed E-state index contributed by atoms with van der Waals surface area (Å²) in [6.07, 6.45) is 2.13. The van der Waals surface area contributed by atoms with E-state index >= 15 is 0 Å². The third-order valence-electron chi connectivity index (χ3n) is 3.94. The van der Waals surface area contributed by atoms with Crippen LogP contribution in [0.15, 0.2) is 34.7 Å². The molecular formula is C15H16N2O5S2. The monoisotopic (exact) mass is 368 g/mol. The summed E-state index contributed by atoms with van der Waals surface area (Å²) in [6.45, 7) is 1.63. The third kappa shape index (κ3) is 2.94. The number of benzene rings is 1. The van der Waals surface area contributed by atoms with Gasteiger partial charge >= 0.3 is 0 Å². The molecule has 0 spiro atoms. The fourth-order valence-corrected chi connectivity index (χ4v) is 4.81. The maximum Gasteiger partial charge on any atom is 0.273 e. The molecule has 0 saturated carbocycles. The summed E-state index contributed by atoms with van der Waals surface area (Å²) in [5, 5.41) is 2.40. The lowest BCUT2D eigenvalue weighted by Crippen LogP contribution is -2.31. The summed E-state index contributed by atoms with van der Waals surface area (Å²) in [4.78, 5) is 4.28. The maximum absolute atomic E-state index is 12.8. The zero-order chi connectivity index (χ0) is 16.6. The Morgan fingerprint density at radius 2 is 2.08 bits per heavy atom. The normalized spacial score (nSPS) is 20.9. The summed E-state index contributed by atoms with van der Waals surface area (Å²) in [6, 6.07) is 4.72. The van der Waals surface area contributed by atoms with Gasteiger partial charge in [0.1, 0.15) is 19.3 Å². The second-order valence-corrected chi connectivity index (χ2v) is 8.29. The smallest absolute Gasteiger partial charge is 0.273 e. The van der Waals surface area contributed by atoms with Crippen LogP contribution in [0, 0.1) is 0 Å². The van der Waals surface area contributed by atoms with Crippen LogP contribution in [0.1, 0.15) is 6.42 Å². The van der Waals surface area contributed by atoms with Crippen molar-refractivity contribution in [3.63, 3.8) is 0 Å². The first-order chi connectivity index (χ1) is 11.6. The molecule has 9 heteroatoms. The predicted molar refractivity (Wildman–Crippen MR) is 87.3 cm³/mol. The van der Waals surface area contributed by atoms with Gasteiger partial charge in [-0.3, -0.25) is 0 Å². The van der Waals surface area contributed by atoms with Gasteiger partial charge in [-0.25, -0.2) is 13.4 Å². The van der Waals surface area contributed by atoms with Gasteiger partial charge in [0, 0.05) is 24.2 Å². The first kappa shape index (κ1) is 15.7. The van der Waals surface area contributed by atoms with Crippen LogP contribution in [-0.4, -0.2) is 50.1 Å². The number of hydrogen-bond donors (Lipinski definition) is 0. The summed E-state index contributed by atoms with van der Waals surface area (Å²) in [5.41, 5.74) is 0. The van der Waals surface area contributed by atoms with Gasteiger partial charge in [-0.2, -0.15) is 4.31 Å². The fourth-order valence-electron chi connectivity index (χ4n) is 2.76. The standard InChI is InChI=1S/C15H16N2O5S2/c18-24(19,12-1-2-13-14(9-12)21-7-6-20-13)17-5-3-11(10-17)22-15-16-4-8-23-15/h1-2,4,8-9,11H,3,5-7,10H2. The van der Waals surface area contributed by atoms with Crippen molar-refractivity contribution in [2.45, 2.75) is 17.4 Å². The van der Waals surface area contributed by atoms with Crippen LogP contribution >= 0.6 is 11.3 Å². The first-order valence-corrected chi connectivity index (χ1v) is 9.91. The number of nitrogens with zero attached hydrogens (tertiary/aromatic N) is 2. The van der Waals surface area contributed by atoms with E-state index in [9.17, 15) is 8.42 Å². The van der Waals surface area contributed by atoms with Gasteiger partial charge in [0.25, 0.3) is 5.19 Å². The van der Waals surface area contributed by atoms with E-state index in [4.69, 9.17) is 14.2 Å². The Kier molecular flexibility index (Phi) is 4.07. The average Bonchev–Trinajstić information content (AvgIpc) is 3.27. The van der Waals surface area contributed by atoms with Crippen LogP contribution in [0.5, 0.6) is 16.7 Å². The molecular weight excluding hydrogens is 352 g/mol. The molecule has 128 valence electrons. The van der Waals surface area contributed by atoms with Gasteiger partial charge in [-0.15, -0.1) is 0 Å². The van der Waals surface area contributed by atoms with Gasteiger partial charge in [-0.1, -0.05) is 11.3 Å². The molecule has 3 heterocycles. The molecule has 2 aliphatic heterocycles. The highest BCUT2D eigenvalue weighted by Gasteiger charge is 2.34. The molecule has 0 bridgehead atoms. The zero-order valence-electron chi connectivity index (χ0n) is 12.8. The molecule has 7 nitrogen and oxygen atoms in total. The molecule has 24 heavy (non-hydrogen) atoms. The van der Waals surface area contributed by atoms with E-state index in [1.54, 1.807) is 18.3 Å². The van der Waals surface area contributed by atoms with E-state index in [1.807, 2.05) is 5.38 Å². The van der Waals surface area contributed by atoms with Gasteiger partial charge in [0.05, 0.1) is 11.4 Å². The Morgan fingerprint density at radius 1 is 1.25 bits per heavy atom. The van der Waals surface area contributed by atoms with Crippen LogP contribution in [-0.2, 0) is 10.0 Å². The van der Waals surface area contributed by atoms with E-state index in [-0.39, 0.29) is 11.0 Å². The van der Waals surface area contributed by atoms with Crippen molar-refractivity contribution in [2.75, 3.05) is 26.3 Å². The highest BCUT2D eigenvalue weighted by Crippen LogP contribution is 2.34. The predicted octanol–water partition coefficient (Wildman–Crippen LogP) is 1.76. The van der Waals surface area contributed by atoms with Crippen LogP contribution in [0.3, 0.4) is 0 Å². The van der Waals surface area contributed by atoms with Gasteiger partial charge < -0.3 is 14.2 Å². The summed E-state index contributed by atoms with van der Waals surface area (Å²) in [7, 11) is -3.58. The molecule has 0 amide bonds. The number of aromatic nitrogens is 1. The highest BCUT2D eigenvalue weighted by atomic mass is 32.2. The van der Waals surface area contributed by atoms with Crippen molar-refractivity contribution in [3.05, 3.63) is 29.8 Å². The van der Waals surface area contributed by atoms with Crippen molar-refractivity contribution in [1.82, 2.24) is 9.29 Å². The molecule has 1 saturated heterocycles. The van der Waals surface area contributed by atoms with Crippen molar-refractivity contribution in [2.24, 2.45) is 0 Å². The quantitative estimate of drug-likeness (QED) is 0.818. The molecule has 2 aliphatic rings. The Bertz CT molecular complexity index is 822. The SMILES string of the molecule is O=S(=O)(c1ccc2c(c1)OCCO2)N1CCC(Oc2nccs2)C1. The van der Waals surface area contributed by atoms with E-state index in [0.717, 1.165) is 0 Å². The van der Waals surface area contributed by atoms with Crippen LogP contribution in [0.2, 0.25) is 0 Å². The van der Waals surface area contributed by atoms with E-state index in [2.05, 4.69) is 4.98 Å². The molecule has 1 fully saturated rings. The fraction of sp³-hybridized carbons (Fsp3) is 0.400. The topological polar surface area (TPSA) is 78.0 Å². The minimum atomic E-state index is -3.58. The molecule has 0 radical (unpaired) electrons. The minimum Gasteiger partial charge on any atom is -0.486 e. The van der Waals surface area contributed by atoms with E-state index < -0.39 is 10.0 Å². The van der Waals surface area contributed by atoms with Crippen LogP contribution in [0.4, 0.5) is 0 Å². The second kappa shape index (κ2) is 6.23. The number of sulfonamides is 1. The number of fused-ring (bicyclic) bond motifs is 1. The molecule has 2 aromatic rings. The third-order valence-corrected chi connectivity index (χ3v) is 6.46. The summed E-state index contributed by atoms with van der Waals surface area (Å²) < 4.78 is 43.7. The van der Waals surface area contributed by atoms with Crippen LogP contribution < -0.4 is 14.2 Å². The van der Waals surface area contributed by atoms with Gasteiger partial charge in [-0.05, 0) is 18.6 Å². The van der Waals surface area contributed by atoms with Crippen LogP contribution in [0.25, 0.3) is 0 Å². The summed E-state index contributed by atoms with van der Waals surface area (Å²) >= 11 is 1.40. The Hall–Kier alpha value is -1.84. The van der Waals surface area contributed by atoms with E-state index in [0.29, 0.717) is 49.4 Å². The van der Waals surface area contributed by atoms with Crippen molar-refractivity contribution >= 4 is 21.4 Å². The lowest BCUT2D eigenvalue weighted by Gasteiger charge is -2.21. The lowest BCUT2D eigenvalue weighted by atomic mass is 10.3. The van der Waals surface area contributed by atoms with E-state index in [1.165, 1.54) is 21.7 Å². The van der Waals surface area contributed by atoms with Crippen molar-refractivity contribution < 1.29 is 22.6 Å². The number of thiazole rings is 1. The molecule has 1 aromatic heterocycles. The first-order valence-electron chi connectivity index (χ1n) is 7.59. The Morgan fingerprint density at radius 3 is 2.88 bits per heavy atom. The molecule has 1 unspecified atom stereocenters. The number of ether oxygens (including phenoxy) is 3. The zero-order valence-corrected chi connectivity index (χ0v) is 14.4. The molecule has 1 aromatic carbocycles. The second-order valence-electron chi connectivity index (χ2n) is 5.50. The maximum atomic E-state index is 12.8. The number of rotatable bonds is 4. The molecule has 0 aliphatic carbocycles. The average molecular weight is 368 g/mol. The summed E-state index contributed by atoms with van der Waals surface area (Å²) in [5.74, 6) is 1.05. The number of hydrogen-bond acceptors (Lipinski definition) is 7. The van der Waals surface area contributed by atoms with Crippen molar-refractivity contribution in [3.8, 4) is 16.7 Å². The molecule has 4 rings (SSSR count). The van der Waals surface area contributed by atoms with Crippen molar-refractivity contribution in [1.29, 1.82) is 0 Å². The van der Waals surface area contributed by atoms with Gasteiger partial charge in [0.2, 0.25) is 10.0 Å². The highest BCUT2D eigenvalue weighted by molar-refractivity contribution is 7.89. The molecule has 1 atom stereocenters. The lowest BCUT2D eigenvalue weighted by molar-refractivity contribution is 0.171. The Balaban J connectivity index is 1.51. The Labute approximate surface area is 143 Å².